The van der Waals surface area contributed by atoms with Crippen LogP contribution < -0.4 is 15.4 Å². The third-order valence-corrected chi connectivity index (χ3v) is 3.93. The van der Waals surface area contributed by atoms with Crippen LogP contribution >= 0.6 is 24.0 Å². The molecule has 1 aromatic heterocycles. The summed E-state index contributed by atoms with van der Waals surface area (Å²) in [6, 6.07) is 10.0. The third kappa shape index (κ3) is 8.66. The van der Waals surface area contributed by atoms with Crippen molar-refractivity contribution in [3.8, 4) is 5.75 Å². The number of rotatable bonds is 10. The molecule has 0 spiro atoms. The van der Waals surface area contributed by atoms with Crippen LogP contribution in [0.4, 0.5) is 0 Å². The van der Waals surface area contributed by atoms with E-state index in [1.165, 1.54) is 11.1 Å². The highest BCUT2D eigenvalue weighted by atomic mass is 127. The van der Waals surface area contributed by atoms with E-state index in [1.54, 1.807) is 20.4 Å². The van der Waals surface area contributed by atoms with Gasteiger partial charge >= 0.3 is 0 Å². The van der Waals surface area contributed by atoms with E-state index >= 15 is 0 Å². The minimum Gasteiger partial charge on any atom is -0.496 e. The maximum absolute atomic E-state index is 5.56. The first kappa shape index (κ1) is 23.3. The Morgan fingerprint density at radius 2 is 2.00 bits per heavy atom. The molecule has 0 amide bonds. The summed E-state index contributed by atoms with van der Waals surface area (Å²) in [5.74, 6) is 2.57. The molecule has 0 aliphatic carbocycles. The maximum atomic E-state index is 5.56. The van der Waals surface area contributed by atoms with E-state index in [-0.39, 0.29) is 24.0 Å². The molecule has 0 unspecified atom stereocenters. The van der Waals surface area contributed by atoms with Crippen molar-refractivity contribution in [3.05, 3.63) is 53.5 Å². The second-order valence-electron chi connectivity index (χ2n) is 5.98. The molecule has 0 bridgehead atoms. The van der Waals surface area contributed by atoms with Crippen molar-refractivity contribution in [2.45, 2.75) is 26.4 Å². The van der Waals surface area contributed by atoms with E-state index in [0.717, 1.165) is 43.4 Å². The van der Waals surface area contributed by atoms with Crippen LogP contribution in [0.1, 0.15) is 23.3 Å². The van der Waals surface area contributed by atoms with Gasteiger partial charge in [0, 0.05) is 26.7 Å². The van der Waals surface area contributed by atoms with Gasteiger partial charge in [0.15, 0.2) is 5.96 Å². The average molecular weight is 487 g/mol. The van der Waals surface area contributed by atoms with Gasteiger partial charge in [0.1, 0.15) is 18.1 Å². The van der Waals surface area contributed by atoms with Crippen molar-refractivity contribution in [1.29, 1.82) is 0 Å². The second-order valence-corrected chi connectivity index (χ2v) is 5.98. The van der Waals surface area contributed by atoms with Crippen molar-refractivity contribution in [1.82, 2.24) is 10.6 Å². The topological polar surface area (TPSA) is 68.0 Å². The summed E-state index contributed by atoms with van der Waals surface area (Å²) in [5.41, 5.74) is 2.43. The van der Waals surface area contributed by atoms with Crippen molar-refractivity contribution in [2.75, 3.05) is 33.9 Å². The van der Waals surface area contributed by atoms with Gasteiger partial charge in [-0.3, -0.25) is 4.99 Å². The lowest BCUT2D eigenvalue weighted by molar-refractivity contribution is 0.105. The zero-order valence-electron chi connectivity index (χ0n) is 16.3. The number of guanidine groups is 1. The number of furan rings is 1. The molecule has 2 rings (SSSR count). The molecule has 0 saturated carbocycles. The molecular formula is C20H30IN3O3. The summed E-state index contributed by atoms with van der Waals surface area (Å²) in [6.45, 7) is 4.86. The molecule has 150 valence electrons. The number of nitrogens with zero attached hydrogens (tertiary/aromatic N) is 1. The molecule has 27 heavy (non-hydrogen) atoms. The van der Waals surface area contributed by atoms with E-state index in [2.05, 4.69) is 34.7 Å². The van der Waals surface area contributed by atoms with Gasteiger partial charge < -0.3 is 24.5 Å². The van der Waals surface area contributed by atoms with E-state index < -0.39 is 0 Å². The van der Waals surface area contributed by atoms with Gasteiger partial charge in [-0.2, -0.15) is 0 Å². The lowest BCUT2D eigenvalue weighted by atomic mass is 10.1. The number of ether oxygens (including phenoxy) is 2. The van der Waals surface area contributed by atoms with Crippen LogP contribution in [0.5, 0.6) is 5.75 Å². The van der Waals surface area contributed by atoms with Crippen LogP contribution in [0.3, 0.4) is 0 Å². The number of aliphatic imine (C=N–C) groups is 1. The average Bonchev–Trinajstić information content (AvgIpc) is 3.16. The molecular weight excluding hydrogens is 457 g/mol. The summed E-state index contributed by atoms with van der Waals surface area (Å²) in [4.78, 5) is 4.25. The fourth-order valence-electron chi connectivity index (χ4n) is 2.59. The van der Waals surface area contributed by atoms with Crippen LogP contribution in [-0.2, 0) is 17.8 Å². The smallest absolute Gasteiger partial charge is 0.190 e. The van der Waals surface area contributed by atoms with Gasteiger partial charge in [0.05, 0.1) is 13.4 Å². The Bertz CT molecular complexity index is 675. The number of benzene rings is 1. The molecule has 0 atom stereocenters. The highest BCUT2D eigenvalue weighted by Gasteiger charge is 2.04. The second kappa shape index (κ2) is 13.4. The van der Waals surface area contributed by atoms with Gasteiger partial charge in [-0.1, -0.05) is 17.7 Å². The maximum Gasteiger partial charge on any atom is 0.190 e. The van der Waals surface area contributed by atoms with E-state index in [0.29, 0.717) is 13.2 Å². The predicted molar refractivity (Wildman–Crippen MR) is 119 cm³/mol. The molecule has 0 aliphatic heterocycles. The molecule has 2 aromatic rings. The van der Waals surface area contributed by atoms with Crippen LogP contribution in [0.25, 0.3) is 0 Å². The van der Waals surface area contributed by atoms with Gasteiger partial charge in [-0.05, 0) is 43.5 Å². The Morgan fingerprint density at radius 3 is 2.70 bits per heavy atom. The molecule has 7 heteroatoms. The number of hydrogen-bond donors (Lipinski definition) is 2. The monoisotopic (exact) mass is 487 g/mol. The first-order valence-electron chi connectivity index (χ1n) is 8.91. The Balaban J connectivity index is 0.00000364. The standard InChI is InChI=1S/C20H29N3O3.HI/c1-16-7-8-19(24-3)17(14-16)9-11-23-20(21-2)22-10-5-12-25-15-18-6-4-13-26-18;/h4,6-8,13-14H,5,9-12,15H2,1-3H3,(H2,21,22,23);1H. The normalized spacial score (nSPS) is 11.0. The third-order valence-electron chi connectivity index (χ3n) is 3.93. The van der Waals surface area contributed by atoms with Crippen LogP contribution in [-0.4, -0.2) is 39.8 Å². The fourth-order valence-corrected chi connectivity index (χ4v) is 2.59. The van der Waals surface area contributed by atoms with E-state index in [1.807, 2.05) is 18.2 Å². The van der Waals surface area contributed by atoms with Crippen LogP contribution in [0.2, 0.25) is 0 Å². The van der Waals surface area contributed by atoms with Crippen molar-refractivity contribution in [3.63, 3.8) is 0 Å². The quantitative estimate of drug-likeness (QED) is 0.232. The molecule has 0 fully saturated rings. The summed E-state index contributed by atoms with van der Waals surface area (Å²) in [6.07, 6.45) is 3.42. The summed E-state index contributed by atoms with van der Waals surface area (Å²) >= 11 is 0. The molecule has 0 radical (unpaired) electrons. The summed E-state index contributed by atoms with van der Waals surface area (Å²) in [5, 5.41) is 6.62. The largest absolute Gasteiger partial charge is 0.496 e. The fraction of sp³-hybridized carbons (Fsp3) is 0.450. The number of hydrogen-bond acceptors (Lipinski definition) is 4. The Kier molecular flexibility index (Phi) is 11.6. The molecule has 1 aromatic carbocycles. The van der Waals surface area contributed by atoms with Crippen LogP contribution in [0, 0.1) is 6.92 Å². The van der Waals surface area contributed by atoms with Gasteiger partial charge in [0.2, 0.25) is 0 Å². The summed E-state index contributed by atoms with van der Waals surface area (Å²) in [7, 11) is 3.48. The molecule has 2 N–H and O–H groups in total. The van der Waals surface area contributed by atoms with Crippen molar-refractivity contribution < 1.29 is 13.9 Å². The van der Waals surface area contributed by atoms with Gasteiger partial charge in [-0.25, -0.2) is 0 Å². The Morgan fingerprint density at radius 1 is 1.19 bits per heavy atom. The number of aryl methyl sites for hydroxylation is 1. The highest BCUT2D eigenvalue weighted by molar-refractivity contribution is 14.0. The van der Waals surface area contributed by atoms with Crippen LogP contribution in [0.15, 0.2) is 46.0 Å². The van der Waals surface area contributed by atoms with Gasteiger partial charge in [-0.15, -0.1) is 24.0 Å². The number of halogens is 1. The zero-order chi connectivity index (χ0) is 18.6. The zero-order valence-corrected chi connectivity index (χ0v) is 18.6. The van der Waals surface area contributed by atoms with Crippen molar-refractivity contribution in [2.24, 2.45) is 4.99 Å². The molecule has 1 heterocycles. The first-order valence-corrected chi connectivity index (χ1v) is 8.91. The SMILES string of the molecule is CN=C(NCCCOCc1ccco1)NCCc1cc(C)ccc1OC.I. The molecule has 0 saturated heterocycles. The Labute approximate surface area is 178 Å². The minimum atomic E-state index is 0. The van der Waals surface area contributed by atoms with Crippen molar-refractivity contribution >= 4 is 29.9 Å². The molecule has 0 aliphatic rings. The lowest BCUT2D eigenvalue weighted by Gasteiger charge is -2.13. The first-order chi connectivity index (χ1) is 12.7. The number of nitrogens with one attached hydrogen (secondary N) is 2. The predicted octanol–water partition coefficient (Wildman–Crippen LogP) is 3.53. The van der Waals surface area contributed by atoms with Gasteiger partial charge in [0.25, 0.3) is 0 Å². The molecule has 6 nitrogen and oxygen atoms in total. The Hall–Kier alpha value is -1.74. The number of methoxy groups -OCH3 is 1. The van der Waals surface area contributed by atoms with E-state index in [9.17, 15) is 0 Å². The lowest BCUT2D eigenvalue weighted by Crippen LogP contribution is -2.39. The summed E-state index contributed by atoms with van der Waals surface area (Å²) < 4.78 is 16.2. The van der Waals surface area contributed by atoms with E-state index in [4.69, 9.17) is 13.9 Å². The minimum absolute atomic E-state index is 0. The highest BCUT2D eigenvalue weighted by Crippen LogP contribution is 2.19.